The van der Waals surface area contributed by atoms with Crippen LogP contribution in [0.3, 0.4) is 0 Å². The summed E-state index contributed by atoms with van der Waals surface area (Å²) in [6.07, 6.45) is 18.0. The summed E-state index contributed by atoms with van der Waals surface area (Å²) >= 11 is 0. The number of hydrogen-bond donors (Lipinski definition) is 2. The van der Waals surface area contributed by atoms with E-state index in [0.717, 1.165) is 31.3 Å². The molecule has 7 atom stereocenters. The molecule has 2 aliphatic rings. The lowest BCUT2D eigenvalue weighted by molar-refractivity contribution is -0.130. The van der Waals surface area contributed by atoms with Crippen molar-refractivity contribution in [3.8, 4) is 11.8 Å². The maximum absolute atomic E-state index is 11.6. The third kappa shape index (κ3) is 16.3. The van der Waals surface area contributed by atoms with Gasteiger partial charge in [-0.25, -0.2) is 4.79 Å². The summed E-state index contributed by atoms with van der Waals surface area (Å²) in [6, 6.07) is 0. The van der Waals surface area contributed by atoms with E-state index < -0.39 is 34.8 Å². The highest BCUT2D eigenvalue weighted by Gasteiger charge is 2.41. The number of carbonyl (C=O) groups is 1. The van der Waals surface area contributed by atoms with Gasteiger partial charge in [-0.1, -0.05) is 115 Å². The fraction of sp³-hybridized carbons (Fsp3) is 0.690. The molecule has 0 saturated heterocycles. The number of aliphatic hydroxyl groups excluding tert-OH is 1. The molecule has 2 heterocycles. The smallest absolute Gasteiger partial charge is 0.381 e. The van der Waals surface area contributed by atoms with Gasteiger partial charge in [0.05, 0.1) is 43.2 Å². The molecule has 0 spiro atoms. The van der Waals surface area contributed by atoms with Crippen molar-refractivity contribution in [2.75, 3.05) is 6.61 Å². The summed E-state index contributed by atoms with van der Waals surface area (Å²) < 4.78 is 25.9. The summed E-state index contributed by atoms with van der Waals surface area (Å²) in [5.41, 5.74) is 2.45. The van der Waals surface area contributed by atoms with Gasteiger partial charge in [0.15, 0.2) is 16.6 Å². The molecule has 0 bridgehead atoms. The zero-order chi connectivity index (χ0) is 38.6. The molecule has 2 rings (SSSR count). The van der Waals surface area contributed by atoms with Crippen LogP contribution in [0.25, 0.3) is 0 Å². The maximum atomic E-state index is 11.6. The first-order valence-corrected chi connectivity index (χ1v) is 24.7. The van der Waals surface area contributed by atoms with Crippen molar-refractivity contribution in [1.82, 2.24) is 0 Å². The van der Waals surface area contributed by atoms with Crippen LogP contribution in [0.5, 0.6) is 0 Å². The van der Waals surface area contributed by atoms with Crippen LogP contribution in [0.1, 0.15) is 100 Å². The molecule has 9 heteroatoms. The highest BCUT2D eigenvalue weighted by atomic mass is 28.4. The first kappa shape index (κ1) is 45.1. The first-order chi connectivity index (χ1) is 23.5. The Hall–Kier alpha value is -2.04. The van der Waals surface area contributed by atoms with Crippen molar-refractivity contribution in [2.24, 2.45) is 5.92 Å². The van der Waals surface area contributed by atoms with Gasteiger partial charge in [0.25, 0.3) is 0 Å². The summed E-state index contributed by atoms with van der Waals surface area (Å²) in [5.74, 6) is 4.10. The summed E-state index contributed by atoms with van der Waals surface area (Å²) in [5, 5.41) is 20.4. The van der Waals surface area contributed by atoms with Gasteiger partial charge in [-0.2, -0.15) is 0 Å². The Labute approximate surface area is 312 Å². The standard InChI is InChI=1S/C42H70O7Si2/c1-31-25-26-46-35(28-31)23-24-39(49-51(12,13)42(7,8)9)38(43)21-15-20-37(48-50(10,11)41(4,5)6)30-33(3)27-32(2)29-36-19-14-17-34(47-36)18-16-22-40(44)45/h14-15,17,20,23-25,32,34-39,43H,3,18-19,21,26-30H2,1-2,4-13H3,(H,44,45)/b20-15+,24-23+/t32-,34-,35+,36-,37+,38-,39-/m0/s1. The van der Waals surface area contributed by atoms with Gasteiger partial charge in [0.1, 0.15) is 0 Å². The molecular weight excluding hydrogens is 673 g/mol. The van der Waals surface area contributed by atoms with E-state index in [1.807, 2.05) is 12.2 Å². The normalized spacial score (nSPS) is 23.0. The van der Waals surface area contributed by atoms with Crippen LogP contribution >= 0.6 is 0 Å². The van der Waals surface area contributed by atoms with Crippen molar-refractivity contribution in [2.45, 2.75) is 173 Å². The van der Waals surface area contributed by atoms with E-state index in [-0.39, 0.29) is 34.5 Å². The van der Waals surface area contributed by atoms with Crippen molar-refractivity contribution in [3.05, 3.63) is 60.3 Å². The third-order valence-electron chi connectivity index (χ3n) is 10.8. The zero-order valence-electron chi connectivity index (χ0n) is 33.9. The molecule has 7 nitrogen and oxygen atoms in total. The van der Waals surface area contributed by atoms with E-state index in [4.69, 9.17) is 23.4 Å². The molecule has 51 heavy (non-hydrogen) atoms. The third-order valence-corrected chi connectivity index (χ3v) is 19.8. The highest BCUT2D eigenvalue weighted by Crippen LogP contribution is 2.39. The first-order valence-electron chi connectivity index (χ1n) is 18.9. The van der Waals surface area contributed by atoms with E-state index in [9.17, 15) is 9.90 Å². The Bertz CT molecular complexity index is 1320. The number of aliphatic hydroxyl groups is 1. The minimum absolute atomic E-state index is 0.00701. The fourth-order valence-electron chi connectivity index (χ4n) is 5.72. The molecule has 288 valence electrons. The van der Waals surface area contributed by atoms with Crippen molar-refractivity contribution >= 4 is 22.6 Å². The lowest BCUT2D eigenvalue weighted by atomic mass is 9.91. The largest absolute Gasteiger partial charge is 0.472 e. The van der Waals surface area contributed by atoms with Crippen LogP contribution in [-0.2, 0) is 23.1 Å². The molecule has 2 N–H and O–H groups in total. The summed E-state index contributed by atoms with van der Waals surface area (Å²) in [7, 11) is -4.28. The number of carboxylic acids is 1. The van der Waals surface area contributed by atoms with E-state index in [2.05, 4.69) is 130 Å². The van der Waals surface area contributed by atoms with Crippen molar-refractivity contribution in [1.29, 1.82) is 0 Å². The lowest BCUT2D eigenvalue weighted by Crippen LogP contribution is -2.46. The monoisotopic (exact) mass is 742 g/mol. The quantitative estimate of drug-likeness (QED) is 0.0871. The van der Waals surface area contributed by atoms with Crippen LogP contribution in [0.4, 0.5) is 0 Å². The molecule has 0 fully saturated rings. The predicted octanol–water partition coefficient (Wildman–Crippen LogP) is 9.92. The molecule has 0 aromatic carbocycles. The van der Waals surface area contributed by atoms with Gasteiger partial charge in [-0.3, -0.25) is 0 Å². The Morgan fingerprint density at radius 2 is 1.73 bits per heavy atom. The Balaban J connectivity index is 2.14. The maximum Gasteiger partial charge on any atom is 0.381 e. The molecule has 2 aliphatic heterocycles. The molecule has 0 unspecified atom stereocenters. The SMILES string of the molecule is C=C(C[C@H](C)C[C@@H]1CC=C[C@@H](CC#CC(=O)O)O1)C[C@@H](/C=C/C[C@H](O)[C@H](/C=C/[C@@H]1CC(C)=CCO1)O[Si](C)(C)C(C)(C)C)O[Si](C)(C)C(C)(C)C. The average Bonchev–Trinajstić information content (AvgIpc) is 2.97. The van der Waals surface area contributed by atoms with Gasteiger partial charge < -0.3 is 28.5 Å². The van der Waals surface area contributed by atoms with Crippen LogP contribution in [0.2, 0.25) is 36.3 Å². The summed E-state index contributed by atoms with van der Waals surface area (Å²) in [6.45, 7) is 31.9. The second kappa shape index (κ2) is 19.9. The van der Waals surface area contributed by atoms with Crippen molar-refractivity contribution in [3.63, 3.8) is 0 Å². The molecule has 0 aliphatic carbocycles. The number of rotatable bonds is 17. The number of ether oxygens (including phenoxy) is 2. The van der Waals surface area contributed by atoms with E-state index >= 15 is 0 Å². The molecule has 0 aromatic rings. The minimum atomic E-state index is -2.17. The van der Waals surface area contributed by atoms with Crippen LogP contribution in [0.15, 0.2) is 60.3 Å². The van der Waals surface area contributed by atoms with Crippen LogP contribution in [0, 0.1) is 17.8 Å². The predicted molar refractivity (Wildman–Crippen MR) is 216 cm³/mol. The Morgan fingerprint density at radius 1 is 1.08 bits per heavy atom. The molecule has 0 radical (unpaired) electrons. The Kier molecular flexibility index (Phi) is 17.6. The van der Waals surface area contributed by atoms with Crippen molar-refractivity contribution < 1.29 is 33.3 Å². The Morgan fingerprint density at radius 3 is 2.33 bits per heavy atom. The minimum Gasteiger partial charge on any atom is -0.472 e. The number of hydrogen-bond acceptors (Lipinski definition) is 6. The van der Waals surface area contributed by atoms with Crippen LogP contribution in [-0.4, -0.2) is 76.0 Å². The number of carboxylic acid groups (broad SMARTS) is 1. The van der Waals surface area contributed by atoms with E-state index in [1.165, 1.54) is 5.57 Å². The highest BCUT2D eigenvalue weighted by molar-refractivity contribution is 6.74. The van der Waals surface area contributed by atoms with Gasteiger partial charge in [-0.15, -0.1) is 0 Å². The average molecular weight is 743 g/mol. The summed E-state index contributed by atoms with van der Waals surface area (Å²) in [4.78, 5) is 10.8. The van der Waals surface area contributed by atoms with Gasteiger partial charge in [-0.05, 0) is 87.6 Å². The number of aliphatic carboxylic acids is 1. The second-order valence-corrected chi connectivity index (χ2v) is 27.3. The second-order valence-electron chi connectivity index (χ2n) is 17.8. The van der Waals surface area contributed by atoms with Gasteiger partial charge in [0, 0.05) is 12.3 Å². The van der Waals surface area contributed by atoms with Gasteiger partial charge in [0.2, 0.25) is 0 Å². The zero-order valence-corrected chi connectivity index (χ0v) is 35.9. The molecular formula is C42H70O7Si2. The fourth-order valence-corrected chi connectivity index (χ4v) is 8.26. The molecule has 0 amide bonds. The van der Waals surface area contributed by atoms with E-state index in [0.29, 0.717) is 31.8 Å². The molecule has 0 aromatic heterocycles. The van der Waals surface area contributed by atoms with Gasteiger partial charge >= 0.3 is 5.97 Å². The van der Waals surface area contributed by atoms with E-state index in [1.54, 1.807) is 0 Å². The lowest BCUT2D eigenvalue weighted by Gasteiger charge is -2.40. The molecule has 0 saturated carbocycles. The topological polar surface area (TPSA) is 94.5 Å². The van der Waals surface area contributed by atoms with Crippen LogP contribution < -0.4 is 0 Å².